The molecule has 0 bridgehead atoms. The number of aliphatic hydroxyl groups is 1. The van der Waals surface area contributed by atoms with Crippen LogP contribution in [0.4, 0.5) is 11.5 Å². The number of aromatic nitrogens is 1. The van der Waals surface area contributed by atoms with Gasteiger partial charge in [-0.05, 0) is 24.8 Å². The highest BCUT2D eigenvalue weighted by molar-refractivity contribution is 7.12. The number of carbonyl (C=O) groups is 3. The molecule has 31 heavy (non-hydrogen) atoms. The van der Waals surface area contributed by atoms with Gasteiger partial charge in [0.2, 0.25) is 0 Å². The van der Waals surface area contributed by atoms with Crippen molar-refractivity contribution in [1.82, 2.24) is 5.16 Å². The van der Waals surface area contributed by atoms with E-state index >= 15 is 0 Å². The van der Waals surface area contributed by atoms with Crippen LogP contribution in [0.3, 0.4) is 0 Å². The third-order valence-corrected chi connectivity index (χ3v) is 6.52. The minimum absolute atomic E-state index is 0.0356. The topological polar surface area (TPSA) is 131 Å². The lowest BCUT2D eigenvalue weighted by Gasteiger charge is -2.41. The van der Waals surface area contributed by atoms with E-state index in [4.69, 9.17) is 9.26 Å². The van der Waals surface area contributed by atoms with Crippen LogP contribution in [0.1, 0.15) is 33.6 Å². The minimum Gasteiger partial charge on any atom is -0.465 e. The SMILES string of the molecule is COC(=O)c1scc(C)c1NC(=O)C[N+]1(CC(=O)Nc2nocc2C)CCC(O)CC1. The molecule has 10 nitrogen and oxygen atoms in total. The van der Waals surface area contributed by atoms with E-state index < -0.39 is 12.1 Å². The molecule has 0 radical (unpaired) electrons. The van der Waals surface area contributed by atoms with E-state index in [1.807, 2.05) is 0 Å². The van der Waals surface area contributed by atoms with Crippen LogP contribution in [0, 0.1) is 13.8 Å². The van der Waals surface area contributed by atoms with Gasteiger partial charge in [-0.15, -0.1) is 11.3 Å². The second kappa shape index (κ2) is 9.58. The van der Waals surface area contributed by atoms with Crippen LogP contribution in [-0.2, 0) is 14.3 Å². The lowest BCUT2D eigenvalue weighted by molar-refractivity contribution is -0.918. The van der Waals surface area contributed by atoms with Gasteiger partial charge in [-0.2, -0.15) is 0 Å². The van der Waals surface area contributed by atoms with E-state index in [1.165, 1.54) is 24.7 Å². The first kappa shape index (κ1) is 22.9. The Bertz CT molecular complexity index is 961. The largest absolute Gasteiger partial charge is 0.465 e. The summed E-state index contributed by atoms with van der Waals surface area (Å²) >= 11 is 1.20. The molecule has 0 saturated carbocycles. The number of quaternary nitrogens is 1. The molecule has 1 aliphatic heterocycles. The maximum absolute atomic E-state index is 12.9. The van der Waals surface area contributed by atoms with Crippen LogP contribution in [0.2, 0.25) is 0 Å². The van der Waals surface area contributed by atoms with Crippen molar-refractivity contribution in [2.75, 3.05) is 43.9 Å². The Kier molecular flexibility index (Phi) is 7.08. The smallest absolute Gasteiger partial charge is 0.350 e. The molecule has 1 saturated heterocycles. The molecule has 0 spiro atoms. The normalized spacial score (nSPS) is 20.8. The van der Waals surface area contributed by atoms with Crippen LogP contribution in [-0.4, -0.2) is 71.9 Å². The van der Waals surface area contributed by atoms with Crippen LogP contribution in [0.15, 0.2) is 16.2 Å². The number of hydrogen-bond donors (Lipinski definition) is 3. The Balaban J connectivity index is 1.73. The minimum atomic E-state index is -0.513. The Hall–Kier alpha value is -2.76. The van der Waals surface area contributed by atoms with Gasteiger partial charge in [-0.1, -0.05) is 5.16 Å². The fourth-order valence-corrected chi connectivity index (χ4v) is 4.61. The van der Waals surface area contributed by atoms with Gasteiger partial charge in [0.15, 0.2) is 18.9 Å². The lowest BCUT2D eigenvalue weighted by Crippen LogP contribution is -2.60. The number of hydrogen-bond acceptors (Lipinski definition) is 8. The van der Waals surface area contributed by atoms with Crippen molar-refractivity contribution >= 4 is 40.6 Å². The lowest BCUT2D eigenvalue weighted by atomic mass is 10.0. The number of aryl methyl sites for hydroxylation is 2. The number of anilines is 2. The summed E-state index contributed by atoms with van der Waals surface area (Å²) in [7, 11) is 1.29. The van der Waals surface area contributed by atoms with Crippen LogP contribution in [0.5, 0.6) is 0 Å². The fourth-order valence-electron chi connectivity index (χ4n) is 3.68. The molecule has 0 atom stereocenters. The second-order valence-corrected chi connectivity index (χ2v) is 8.77. The molecule has 0 unspecified atom stereocenters. The number of methoxy groups -OCH3 is 1. The summed E-state index contributed by atoms with van der Waals surface area (Å²) in [5.74, 6) is -0.765. The highest BCUT2D eigenvalue weighted by atomic mass is 32.1. The predicted octanol–water partition coefficient (Wildman–Crippen LogP) is 1.69. The highest BCUT2D eigenvalue weighted by Gasteiger charge is 2.38. The average Bonchev–Trinajstić information content (AvgIpc) is 3.29. The summed E-state index contributed by atoms with van der Waals surface area (Å²) in [5.41, 5.74) is 1.90. The van der Waals surface area contributed by atoms with Gasteiger partial charge in [0, 0.05) is 18.4 Å². The van der Waals surface area contributed by atoms with Crippen LogP contribution >= 0.6 is 11.3 Å². The van der Waals surface area contributed by atoms with Crippen molar-refractivity contribution in [2.24, 2.45) is 0 Å². The number of carbonyl (C=O) groups excluding carboxylic acids is 3. The Morgan fingerprint density at radius 1 is 1.19 bits per heavy atom. The molecule has 3 N–H and O–H groups in total. The molecule has 0 aromatic carbocycles. The molecule has 1 aliphatic rings. The second-order valence-electron chi connectivity index (χ2n) is 7.89. The number of nitrogens with zero attached hydrogens (tertiary/aromatic N) is 2. The number of piperidine rings is 1. The standard InChI is InChI=1S/C20H26N4O6S/c1-12-10-30-23-19(12)22-16(27)9-24(6-4-14(25)5-7-24)8-15(26)21-17-13(2)11-31-18(17)20(28)29-3/h10-11,14,25H,4-9H2,1-3H3,(H-,21,22,23,26,27,28)/p+1. The van der Waals surface area contributed by atoms with Crippen molar-refractivity contribution in [2.45, 2.75) is 32.8 Å². The van der Waals surface area contributed by atoms with E-state index in [9.17, 15) is 19.5 Å². The number of aliphatic hydroxyl groups excluding tert-OH is 1. The zero-order chi connectivity index (χ0) is 22.6. The predicted molar refractivity (Wildman–Crippen MR) is 114 cm³/mol. The van der Waals surface area contributed by atoms with Crippen molar-refractivity contribution in [3.63, 3.8) is 0 Å². The summed E-state index contributed by atoms with van der Waals surface area (Å²) < 4.78 is 9.83. The summed E-state index contributed by atoms with van der Waals surface area (Å²) in [6.45, 7) is 4.61. The zero-order valence-corrected chi connectivity index (χ0v) is 18.6. The summed E-state index contributed by atoms with van der Waals surface area (Å²) in [6.07, 6.45) is 1.98. The van der Waals surface area contributed by atoms with Gasteiger partial charge in [-0.3, -0.25) is 9.59 Å². The fraction of sp³-hybridized carbons (Fsp3) is 0.500. The number of rotatable bonds is 7. The van der Waals surface area contributed by atoms with Gasteiger partial charge < -0.3 is 29.5 Å². The maximum Gasteiger partial charge on any atom is 0.350 e. The van der Waals surface area contributed by atoms with Crippen molar-refractivity contribution < 1.29 is 33.2 Å². The van der Waals surface area contributed by atoms with E-state index in [-0.39, 0.29) is 29.4 Å². The van der Waals surface area contributed by atoms with Gasteiger partial charge in [0.1, 0.15) is 11.1 Å². The van der Waals surface area contributed by atoms with E-state index in [2.05, 4.69) is 15.8 Å². The molecule has 3 heterocycles. The number of esters is 1. The third kappa shape index (κ3) is 5.49. The number of ether oxygens (including phenoxy) is 1. The van der Waals surface area contributed by atoms with Gasteiger partial charge in [-0.25, -0.2) is 4.79 Å². The monoisotopic (exact) mass is 451 g/mol. The van der Waals surface area contributed by atoms with Gasteiger partial charge >= 0.3 is 5.97 Å². The molecule has 3 rings (SSSR count). The first-order valence-electron chi connectivity index (χ1n) is 9.93. The maximum atomic E-state index is 12.9. The number of likely N-dealkylation sites (tertiary alicyclic amines) is 1. The summed E-state index contributed by atoms with van der Waals surface area (Å²) in [4.78, 5) is 37.9. The van der Waals surface area contributed by atoms with Gasteiger partial charge in [0.05, 0.1) is 32.0 Å². The molecule has 2 aromatic heterocycles. The average molecular weight is 452 g/mol. The molecule has 11 heteroatoms. The number of nitrogens with one attached hydrogen (secondary N) is 2. The van der Waals surface area contributed by atoms with Gasteiger partial charge in [0.25, 0.3) is 11.8 Å². The molecule has 0 aliphatic carbocycles. The quantitative estimate of drug-likeness (QED) is 0.431. The Morgan fingerprint density at radius 2 is 1.84 bits per heavy atom. The summed E-state index contributed by atoms with van der Waals surface area (Å²) in [5, 5.41) is 21.0. The van der Waals surface area contributed by atoms with Crippen LogP contribution in [0.25, 0.3) is 0 Å². The Labute approximate surface area is 183 Å². The third-order valence-electron chi connectivity index (χ3n) is 5.45. The summed E-state index contributed by atoms with van der Waals surface area (Å²) in [6, 6.07) is 0. The van der Waals surface area contributed by atoms with Crippen molar-refractivity contribution in [3.8, 4) is 0 Å². The van der Waals surface area contributed by atoms with E-state index in [0.717, 1.165) is 5.56 Å². The van der Waals surface area contributed by atoms with Crippen molar-refractivity contribution in [3.05, 3.63) is 27.6 Å². The van der Waals surface area contributed by atoms with E-state index in [1.54, 1.807) is 19.2 Å². The van der Waals surface area contributed by atoms with E-state index in [0.29, 0.717) is 47.9 Å². The first-order valence-corrected chi connectivity index (χ1v) is 10.8. The Morgan fingerprint density at radius 3 is 2.42 bits per heavy atom. The molecule has 1 fully saturated rings. The zero-order valence-electron chi connectivity index (χ0n) is 17.8. The van der Waals surface area contributed by atoms with Crippen LogP contribution < -0.4 is 10.6 Å². The first-order chi connectivity index (χ1) is 14.7. The molecule has 2 amide bonds. The molecular weight excluding hydrogens is 424 g/mol. The number of amides is 2. The highest BCUT2D eigenvalue weighted by Crippen LogP contribution is 2.29. The molecular formula is C20H27N4O6S+. The molecule has 2 aromatic rings. The number of thiophene rings is 1. The van der Waals surface area contributed by atoms with Crippen molar-refractivity contribution in [1.29, 1.82) is 0 Å². The molecule has 168 valence electrons.